The van der Waals surface area contributed by atoms with Gasteiger partial charge < -0.3 is 15.4 Å². The number of urea groups is 1. The molecule has 0 radical (unpaired) electrons. The molecule has 1 heterocycles. The van der Waals surface area contributed by atoms with Crippen LogP contribution >= 0.6 is 0 Å². The second kappa shape index (κ2) is 7.56. The SMILES string of the molecule is CC(=O)c1ccc(NC(=O)[C@H](C)OC(=O)CN2C(=O)NC(C)(C)C2=O)cc1. The summed E-state index contributed by atoms with van der Waals surface area (Å²) in [5, 5.41) is 5.00. The van der Waals surface area contributed by atoms with Gasteiger partial charge in [0.15, 0.2) is 11.9 Å². The smallest absolute Gasteiger partial charge is 0.327 e. The highest BCUT2D eigenvalue weighted by atomic mass is 16.5. The molecule has 144 valence electrons. The summed E-state index contributed by atoms with van der Waals surface area (Å²) in [7, 11) is 0. The molecular formula is C18H21N3O6. The molecule has 0 bridgehead atoms. The van der Waals surface area contributed by atoms with E-state index in [1.807, 2.05) is 0 Å². The summed E-state index contributed by atoms with van der Waals surface area (Å²) < 4.78 is 4.99. The minimum absolute atomic E-state index is 0.0983. The van der Waals surface area contributed by atoms with Crippen LogP contribution in [-0.4, -0.2) is 52.7 Å². The number of amides is 4. The van der Waals surface area contributed by atoms with E-state index in [9.17, 15) is 24.0 Å². The number of esters is 1. The van der Waals surface area contributed by atoms with E-state index in [0.29, 0.717) is 11.3 Å². The Morgan fingerprint density at radius 2 is 1.78 bits per heavy atom. The molecule has 1 fully saturated rings. The topological polar surface area (TPSA) is 122 Å². The third-order valence-corrected chi connectivity index (χ3v) is 3.97. The maximum Gasteiger partial charge on any atom is 0.327 e. The predicted octanol–water partition coefficient (Wildman–Crippen LogP) is 1.09. The van der Waals surface area contributed by atoms with Crippen LogP contribution in [0.2, 0.25) is 0 Å². The Labute approximate surface area is 156 Å². The van der Waals surface area contributed by atoms with Crippen molar-refractivity contribution >= 4 is 35.3 Å². The molecule has 4 amide bonds. The van der Waals surface area contributed by atoms with E-state index in [1.54, 1.807) is 24.3 Å². The predicted molar refractivity (Wildman–Crippen MR) is 95.0 cm³/mol. The van der Waals surface area contributed by atoms with Crippen LogP contribution in [-0.2, 0) is 19.1 Å². The Balaban J connectivity index is 1.90. The van der Waals surface area contributed by atoms with E-state index in [-0.39, 0.29) is 5.78 Å². The zero-order valence-electron chi connectivity index (χ0n) is 15.5. The second-order valence-electron chi connectivity index (χ2n) is 6.70. The van der Waals surface area contributed by atoms with Gasteiger partial charge in [-0.2, -0.15) is 0 Å². The van der Waals surface area contributed by atoms with Crippen LogP contribution in [0, 0.1) is 0 Å². The number of hydrogen-bond acceptors (Lipinski definition) is 6. The number of Topliss-reactive ketones (excluding diaryl/α,β-unsaturated/α-hetero) is 1. The third kappa shape index (κ3) is 4.69. The van der Waals surface area contributed by atoms with Crippen molar-refractivity contribution in [3.05, 3.63) is 29.8 Å². The number of nitrogens with one attached hydrogen (secondary N) is 2. The standard InChI is InChI=1S/C18H21N3O6/c1-10(22)12-5-7-13(8-6-12)19-15(24)11(2)27-14(23)9-21-16(25)18(3,4)20-17(21)26/h5-8,11H,9H2,1-4H3,(H,19,24)(H,20,26)/t11-/m0/s1. The molecule has 0 saturated carbocycles. The highest BCUT2D eigenvalue weighted by Crippen LogP contribution is 2.16. The van der Waals surface area contributed by atoms with Gasteiger partial charge in [0.1, 0.15) is 12.1 Å². The van der Waals surface area contributed by atoms with Gasteiger partial charge in [0.2, 0.25) is 0 Å². The molecule has 0 spiro atoms. The number of ether oxygens (including phenoxy) is 1. The minimum Gasteiger partial charge on any atom is -0.451 e. The van der Waals surface area contributed by atoms with E-state index < -0.39 is 42.0 Å². The van der Waals surface area contributed by atoms with Crippen molar-refractivity contribution < 1.29 is 28.7 Å². The molecule has 0 aromatic heterocycles. The van der Waals surface area contributed by atoms with Crippen LogP contribution in [0.4, 0.5) is 10.5 Å². The van der Waals surface area contributed by atoms with Crippen LogP contribution < -0.4 is 10.6 Å². The Hall–Kier alpha value is -3.23. The van der Waals surface area contributed by atoms with Crippen LogP contribution in [0.1, 0.15) is 38.1 Å². The summed E-state index contributed by atoms with van der Waals surface area (Å²) in [5.41, 5.74) is -0.153. The lowest BCUT2D eigenvalue weighted by Crippen LogP contribution is -2.42. The van der Waals surface area contributed by atoms with Crippen molar-refractivity contribution in [2.75, 3.05) is 11.9 Å². The average Bonchev–Trinajstić information content (AvgIpc) is 2.77. The van der Waals surface area contributed by atoms with Crippen LogP contribution in [0.15, 0.2) is 24.3 Å². The lowest BCUT2D eigenvalue weighted by Gasteiger charge is -2.17. The Morgan fingerprint density at radius 3 is 2.26 bits per heavy atom. The Kier molecular flexibility index (Phi) is 5.63. The number of imide groups is 1. The van der Waals surface area contributed by atoms with Gasteiger partial charge >= 0.3 is 12.0 Å². The van der Waals surface area contributed by atoms with Gasteiger partial charge in [0.25, 0.3) is 11.8 Å². The van der Waals surface area contributed by atoms with Crippen molar-refractivity contribution in [3.8, 4) is 0 Å². The monoisotopic (exact) mass is 375 g/mol. The Bertz CT molecular complexity index is 800. The van der Waals surface area contributed by atoms with Gasteiger partial charge in [-0.1, -0.05) is 0 Å². The highest BCUT2D eigenvalue weighted by molar-refractivity contribution is 6.08. The summed E-state index contributed by atoms with van der Waals surface area (Å²) in [6.07, 6.45) is -1.14. The molecular weight excluding hydrogens is 354 g/mol. The largest absolute Gasteiger partial charge is 0.451 e. The first kappa shape index (κ1) is 20.1. The molecule has 9 heteroatoms. The second-order valence-corrected chi connectivity index (χ2v) is 6.70. The first-order chi connectivity index (χ1) is 12.5. The van der Waals surface area contributed by atoms with Gasteiger partial charge in [-0.05, 0) is 52.0 Å². The molecule has 1 atom stereocenters. The molecule has 0 unspecified atom stereocenters. The van der Waals surface area contributed by atoms with Gasteiger partial charge in [-0.15, -0.1) is 0 Å². The molecule has 27 heavy (non-hydrogen) atoms. The minimum atomic E-state index is -1.14. The summed E-state index contributed by atoms with van der Waals surface area (Å²) in [4.78, 5) is 59.9. The number of rotatable bonds is 6. The normalized spacial score (nSPS) is 16.5. The quantitative estimate of drug-likeness (QED) is 0.436. The molecule has 1 aliphatic heterocycles. The zero-order valence-corrected chi connectivity index (χ0v) is 15.5. The van der Waals surface area contributed by atoms with Crippen molar-refractivity contribution in [3.63, 3.8) is 0 Å². The molecule has 1 aliphatic rings. The van der Waals surface area contributed by atoms with Gasteiger partial charge in [-0.3, -0.25) is 24.1 Å². The fourth-order valence-electron chi connectivity index (χ4n) is 2.41. The third-order valence-electron chi connectivity index (χ3n) is 3.97. The van der Waals surface area contributed by atoms with Crippen LogP contribution in [0.5, 0.6) is 0 Å². The van der Waals surface area contributed by atoms with E-state index in [2.05, 4.69) is 10.6 Å². The number of anilines is 1. The van der Waals surface area contributed by atoms with E-state index in [0.717, 1.165) is 4.90 Å². The Morgan fingerprint density at radius 1 is 1.19 bits per heavy atom. The molecule has 9 nitrogen and oxygen atoms in total. The van der Waals surface area contributed by atoms with Crippen LogP contribution in [0.3, 0.4) is 0 Å². The lowest BCUT2D eigenvalue weighted by atomic mass is 10.1. The molecule has 1 saturated heterocycles. The van der Waals surface area contributed by atoms with E-state index >= 15 is 0 Å². The van der Waals surface area contributed by atoms with Crippen molar-refractivity contribution in [2.24, 2.45) is 0 Å². The molecule has 2 rings (SSSR count). The van der Waals surface area contributed by atoms with Crippen molar-refractivity contribution in [1.29, 1.82) is 0 Å². The first-order valence-electron chi connectivity index (χ1n) is 8.26. The summed E-state index contributed by atoms with van der Waals surface area (Å²) in [6, 6.07) is 5.54. The summed E-state index contributed by atoms with van der Waals surface area (Å²) >= 11 is 0. The summed E-state index contributed by atoms with van der Waals surface area (Å²) in [5.74, 6) is -2.12. The number of nitrogens with zero attached hydrogens (tertiary/aromatic N) is 1. The fourth-order valence-corrected chi connectivity index (χ4v) is 2.41. The van der Waals surface area contributed by atoms with Gasteiger partial charge in [0, 0.05) is 11.3 Å². The highest BCUT2D eigenvalue weighted by Gasteiger charge is 2.45. The molecule has 0 aliphatic carbocycles. The number of carbonyl (C=O) groups excluding carboxylic acids is 5. The molecule has 1 aromatic rings. The van der Waals surface area contributed by atoms with Gasteiger partial charge in [0.05, 0.1) is 0 Å². The van der Waals surface area contributed by atoms with E-state index in [1.165, 1.54) is 27.7 Å². The zero-order chi connectivity index (χ0) is 20.4. The maximum atomic E-state index is 12.1. The number of hydrogen-bond donors (Lipinski definition) is 2. The maximum absolute atomic E-state index is 12.1. The number of carbonyl (C=O) groups is 5. The van der Waals surface area contributed by atoms with Crippen molar-refractivity contribution in [2.45, 2.75) is 39.3 Å². The molecule has 1 aromatic carbocycles. The summed E-state index contributed by atoms with van der Waals surface area (Å²) in [6.45, 7) is 5.26. The van der Waals surface area contributed by atoms with Crippen molar-refractivity contribution in [1.82, 2.24) is 10.2 Å². The average molecular weight is 375 g/mol. The van der Waals surface area contributed by atoms with Gasteiger partial charge in [-0.25, -0.2) is 4.79 Å². The van der Waals surface area contributed by atoms with E-state index in [4.69, 9.17) is 4.74 Å². The first-order valence-corrected chi connectivity index (χ1v) is 8.26. The number of benzene rings is 1. The van der Waals surface area contributed by atoms with Crippen LogP contribution in [0.25, 0.3) is 0 Å². The fraction of sp³-hybridized carbons (Fsp3) is 0.389. The lowest BCUT2D eigenvalue weighted by molar-refractivity contribution is -0.155. The molecule has 2 N–H and O–H groups in total. The number of ketones is 1.